The number of carbonyl (C=O) groups is 2. The highest BCUT2D eigenvalue weighted by atomic mass is 16.5. The normalized spacial score (nSPS) is 11.7. The average Bonchev–Trinajstić information content (AvgIpc) is 1.98. The fourth-order valence-corrected chi connectivity index (χ4v) is 0.607. The molecule has 4 heteroatoms. The Morgan fingerprint density at radius 1 is 1.73 bits per heavy atom. The highest BCUT2D eigenvalue weighted by Gasteiger charge is 2.25. The molecule has 0 aromatic rings. The van der Waals surface area contributed by atoms with Gasteiger partial charge in [-0.15, -0.1) is 6.58 Å². The molecule has 0 saturated carbocycles. The van der Waals surface area contributed by atoms with Crippen LogP contribution in [0.4, 0.5) is 0 Å². The lowest BCUT2D eigenvalue weighted by atomic mass is 10.1. The van der Waals surface area contributed by atoms with Gasteiger partial charge in [0.2, 0.25) is 0 Å². The summed E-state index contributed by atoms with van der Waals surface area (Å²) in [4.78, 5) is 21.0. The number of aliphatic carboxylic acids is 1. The predicted octanol–water partition coefficient (Wildman–Crippen LogP) is 0.436. The minimum absolute atomic E-state index is 0.0992. The Bertz CT molecular complexity index is 173. The molecular formula is C7H10O4. The zero-order valence-electron chi connectivity index (χ0n) is 6.24. The smallest absolute Gasteiger partial charge is 0.320 e. The van der Waals surface area contributed by atoms with Crippen LogP contribution in [0, 0.1) is 5.92 Å². The van der Waals surface area contributed by atoms with E-state index < -0.39 is 17.9 Å². The Hall–Kier alpha value is -1.32. The van der Waals surface area contributed by atoms with E-state index in [1.54, 1.807) is 0 Å². The van der Waals surface area contributed by atoms with E-state index in [4.69, 9.17) is 5.11 Å². The van der Waals surface area contributed by atoms with E-state index >= 15 is 0 Å². The number of hydrogen-bond acceptors (Lipinski definition) is 3. The zero-order chi connectivity index (χ0) is 8.85. The summed E-state index contributed by atoms with van der Waals surface area (Å²) in [7, 11) is 1.15. The molecule has 0 saturated heterocycles. The summed E-state index contributed by atoms with van der Waals surface area (Å²) in [6.45, 7) is 3.33. The first kappa shape index (κ1) is 9.68. The molecule has 0 fully saturated rings. The Balaban J connectivity index is 4.20. The first-order valence-electron chi connectivity index (χ1n) is 3.05. The van der Waals surface area contributed by atoms with Crippen molar-refractivity contribution >= 4 is 11.9 Å². The van der Waals surface area contributed by atoms with Crippen LogP contribution in [0.3, 0.4) is 0 Å². The molecule has 0 aromatic heterocycles. The van der Waals surface area contributed by atoms with Crippen LogP contribution < -0.4 is 0 Å². The Morgan fingerprint density at radius 2 is 2.27 bits per heavy atom. The molecule has 4 nitrogen and oxygen atoms in total. The maximum absolute atomic E-state index is 10.7. The number of carboxylic acid groups (broad SMARTS) is 1. The van der Waals surface area contributed by atoms with E-state index in [0.717, 1.165) is 7.11 Å². The zero-order valence-corrected chi connectivity index (χ0v) is 6.24. The van der Waals surface area contributed by atoms with Gasteiger partial charge in [-0.2, -0.15) is 0 Å². The fraction of sp³-hybridized carbons (Fsp3) is 0.429. The van der Waals surface area contributed by atoms with E-state index in [1.165, 1.54) is 6.08 Å². The summed E-state index contributed by atoms with van der Waals surface area (Å²) in [5, 5.41) is 8.46. The van der Waals surface area contributed by atoms with Gasteiger partial charge in [-0.1, -0.05) is 6.08 Å². The fourth-order valence-electron chi connectivity index (χ4n) is 0.607. The Labute approximate surface area is 64.5 Å². The van der Waals surface area contributed by atoms with Crippen molar-refractivity contribution < 1.29 is 19.4 Å². The monoisotopic (exact) mass is 158 g/mol. The number of hydrogen-bond donors (Lipinski definition) is 1. The lowest BCUT2D eigenvalue weighted by Crippen LogP contribution is -2.24. The second kappa shape index (κ2) is 4.49. The molecule has 0 bridgehead atoms. The predicted molar refractivity (Wildman–Crippen MR) is 38.0 cm³/mol. The molecule has 0 radical (unpaired) electrons. The minimum Gasteiger partial charge on any atom is -0.481 e. The lowest BCUT2D eigenvalue weighted by molar-refractivity contribution is -0.156. The molecule has 11 heavy (non-hydrogen) atoms. The third-order valence-corrected chi connectivity index (χ3v) is 1.19. The van der Waals surface area contributed by atoms with Gasteiger partial charge in [0.05, 0.1) is 7.11 Å². The van der Waals surface area contributed by atoms with E-state index in [2.05, 4.69) is 11.3 Å². The second-order valence-electron chi connectivity index (χ2n) is 1.94. The molecule has 0 amide bonds. The quantitative estimate of drug-likeness (QED) is 0.366. The van der Waals surface area contributed by atoms with Crippen LogP contribution >= 0.6 is 0 Å². The molecule has 0 aliphatic carbocycles. The number of allylic oxidation sites excluding steroid dienone is 1. The van der Waals surface area contributed by atoms with Crippen molar-refractivity contribution in [1.29, 1.82) is 0 Å². The van der Waals surface area contributed by atoms with Crippen molar-refractivity contribution in [2.24, 2.45) is 5.92 Å². The van der Waals surface area contributed by atoms with Gasteiger partial charge < -0.3 is 9.84 Å². The summed E-state index contributed by atoms with van der Waals surface area (Å²) in [5.74, 6) is -3.04. The first-order valence-corrected chi connectivity index (χ1v) is 3.05. The number of methoxy groups -OCH3 is 1. The first-order chi connectivity index (χ1) is 5.13. The molecule has 0 aliphatic rings. The minimum atomic E-state index is -1.18. The third kappa shape index (κ3) is 2.84. The number of rotatable bonds is 4. The standard InChI is InChI=1S/C7H10O4/c1-3-4-5(6(8)9)7(10)11-2/h3,5H,1,4H2,2H3,(H,8,9). The summed E-state index contributed by atoms with van der Waals surface area (Å²) in [6, 6.07) is 0. The van der Waals surface area contributed by atoms with Gasteiger partial charge in [-0.25, -0.2) is 0 Å². The SMILES string of the molecule is C=CCC(C(=O)O)C(=O)OC. The van der Waals surface area contributed by atoms with Gasteiger partial charge in [-0.3, -0.25) is 9.59 Å². The van der Waals surface area contributed by atoms with Crippen LogP contribution in [0.25, 0.3) is 0 Å². The Kier molecular flexibility index (Phi) is 3.95. The van der Waals surface area contributed by atoms with Crippen molar-refractivity contribution in [1.82, 2.24) is 0 Å². The van der Waals surface area contributed by atoms with Crippen LogP contribution in [0.1, 0.15) is 6.42 Å². The van der Waals surface area contributed by atoms with Gasteiger partial charge >= 0.3 is 11.9 Å². The van der Waals surface area contributed by atoms with E-state index in [9.17, 15) is 9.59 Å². The summed E-state index contributed by atoms with van der Waals surface area (Å²) < 4.78 is 4.26. The van der Waals surface area contributed by atoms with Crippen LogP contribution in [0.2, 0.25) is 0 Å². The molecule has 1 unspecified atom stereocenters. The summed E-state index contributed by atoms with van der Waals surface area (Å²) >= 11 is 0. The molecule has 0 aliphatic heterocycles. The van der Waals surface area contributed by atoms with Crippen molar-refractivity contribution in [2.45, 2.75) is 6.42 Å². The van der Waals surface area contributed by atoms with Crippen LogP contribution in [0.5, 0.6) is 0 Å². The molecular weight excluding hydrogens is 148 g/mol. The number of esters is 1. The average molecular weight is 158 g/mol. The van der Waals surface area contributed by atoms with Crippen molar-refractivity contribution in [2.75, 3.05) is 7.11 Å². The highest BCUT2D eigenvalue weighted by Crippen LogP contribution is 2.05. The van der Waals surface area contributed by atoms with Crippen LogP contribution in [-0.2, 0) is 14.3 Å². The molecule has 0 rings (SSSR count). The maximum atomic E-state index is 10.7. The molecule has 62 valence electrons. The lowest BCUT2D eigenvalue weighted by Gasteiger charge is -2.05. The second-order valence-corrected chi connectivity index (χ2v) is 1.94. The van der Waals surface area contributed by atoms with E-state index in [0.29, 0.717) is 0 Å². The van der Waals surface area contributed by atoms with Gasteiger partial charge in [0, 0.05) is 0 Å². The number of carbonyl (C=O) groups excluding carboxylic acids is 1. The molecule has 0 heterocycles. The molecule has 1 atom stereocenters. The largest absolute Gasteiger partial charge is 0.481 e. The summed E-state index contributed by atoms with van der Waals surface area (Å²) in [6.07, 6.45) is 1.47. The molecule has 0 spiro atoms. The summed E-state index contributed by atoms with van der Waals surface area (Å²) in [5.41, 5.74) is 0. The third-order valence-electron chi connectivity index (χ3n) is 1.19. The van der Waals surface area contributed by atoms with Crippen molar-refractivity contribution in [3.8, 4) is 0 Å². The van der Waals surface area contributed by atoms with Gasteiger partial charge in [0.1, 0.15) is 0 Å². The topological polar surface area (TPSA) is 63.6 Å². The molecule has 1 N–H and O–H groups in total. The van der Waals surface area contributed by atoms with E-state index in [-0.39, 0.29) is 6.42 Å². The van der Waals surface area contributed by atoms with Crippen LogP contribution in [-0.4, -0.2) is 24.2 Å². The van der Waals surface area contributed by atoms with Crippen molar-refractivity contribution in [3.63, 3.8) is 0 Å². The van der Waals surface area contributed by atoms with Crippen molar-refractivity contribution in [3.05, 3.63) is 12.7 Å². The van der Waals surface area contributed by atoms with Gasteiger partial charge in [0.15, 0.2) is 5.92 Å². The maximum Gasteiger partial charge on any atom is 0.320 e. The van der Waals surface area contributed by atoms with E-state index in [1.807, 2.05) is 0 Å². The molecule has 0 aromatic carbocycles. The highest BCUT2D eigenvalue weighted by molar-refractivity contribution is 5.93. The Morgan fingerprint density at radius 3 is 2.55 bits per heavy atom. The number of carboxylic acids is 1. The number of ether oxygens (including phenoxy) is 1. The van der Waals surface area contributed by atoms with Gasteiger partial charge in [-0.05, 0) is 6.42 Å². The van der Waals surface area contributed by atoms with Crippen LogP contribution in [0.15, 0.2) is 12.7 Å². The van der Waals surface area contributed by atoms with Gasteiger partial charge in [0.25, 0.3) is 0 Å².